The highest BCUT2D eigenvalue weighted by molar-refractivity contribution is 6.28. The molecule has 1 heterocycles. The van der Waals surface area contributed by atoms with Crippen molar-refractivity contribution in [3.8, 4) is 0 Å². The van der Waals surface area contributed by atoms with E-state index in [1.165, 1.54) is 6.92 Å². The van der Waals surface area contributed by atoms with E-state index in [-0.39, 0.29) is 16.7 Å². The number of carbonyl (C=O) groups excluding carboxylic acids is 1. The van der Waals surface area contributed by atoms with Gasteiger partial charge in [-0.15, -0.1) is 0 Å². The largest absolute Gasteiger partial charge is 0.362 e. The third-order valence-corrected chi connectivity index (χ3v) is 3.97. The number of benzene rings is 1. The van der Waals surface area contributed by atoms with Crippen LogP contribution in [0.15, 0.2) is 24.3 Å². The first-order valence-corrected chi connectivity index (χ1v) is 8.26. The van der Waals surface area contributed by atoms with Gasteiger partial charge in [0.2, 0.25) is 11.2 Å². The molecule has 1 amide bonds. The smallest absolute Gasteiger partial charge is 0.224 e. The Kier molecular flexibility index (Phi) is 5.77. The maximum absolute atomic E-state index is 11.3. The van der Waals surface area contributed by atoms with Gasteiger partial charge in [-0.25, -0.2) is 9.97 Å². The van der Waals surface area contributed by atoms with E-state index in [0.29, 0.717) is 12.4 Å². The maximum atomic E-state index is 11.3. The number of unbranched alkanes of at least 4 members (excludes halogenated alkanes) is 1. The van der Waals surface area contributed by atoms with Crippen LogP contribution in [0.5, 0.6) is 0 Å². The number of para-hydroxylation sites is 1. The second kappa shape index (κ2) is 7.59. The first-order valence-electron chi connectivity index (χ1n) is 7.88. The molecule has 0 aliphatic carbocycles. The fourth-order valence-electron chi connectivity index (χ4n) is 2.51. The van der Waals surface area contributed by atoms with Crippen molar-refractivity contribution < 1.29 is 4.79 Å². The van der Waals surface area contributed by atoms with Gasteiger partial charge in [0, 0.05) is 18.9 Å². The minimum Gasteiger partial charge on any atom is -0.362 e. The van der Waals surface area contributed by atoms with Crippen molar-refractivity contribution in [3.05, 3.63) is 29.5 Å². The highest BCUT2D eigenvalue weighted by Crippen LogP contribution is 2.26. The van der Waals surface area contributed by atoms with Crippen LogP contribution in [0.3, 0.4) is 0 Å². The molecule has 0 bridgehead atoms. The SMILES string of the molecule is CCCC[C@](C)(CNC(C)=O)Nc1nc(Cl)nc2ccccc12. The zero-order valence-electron chi connectivity index (χ0n) is 13.8. The lowest BCUT2D eigenvalue weighted by atomic mass is 9.94. The van der Waals surface area contributed by atoms with Crippen LogP contribution in [0.25, 0.3) is 10.9 Å². The molecule has 0 spiro atoms. The van der Waals surface area contributed by atoms with E-state index in [4.69, 9.17) is 11.6 Å². The molecule has 2 rings (SSSR count). The highest BCUT2D eigenvalue weighted by Gasteiger charge is 2.25. The first-order chi connectivity index (χ1) is 10.9. The number of hydrogen-bond donors (Lipinski definition) is 2. The minimum atomic E-state index is -0.303. The van der Waals surface area contributed by atoms with E-state index in [1.54, 1.807) is 0 Å². The molecule has 0 unspecified atom stereocenters. The van der Waals surface area contributed by atoms with Gasteiger partial charge in [-0.1, -0.05) is 31.9 Å². The first kappa shape index (κ1) is 17.5. The number of hydrogen-bond acceptors (Lipinski definition) is 4. The van der Waals surface area contributed by atoms with E-state index < -0.39 is 0 Å². The van der Waals surface area contributed by atoms with E-state index in [1.807, 2.05) is 24.3 Å². The quantitative estimate of drug-likeness (QED) is 0.756. The van der Waals surface area contributed by atoms with Gasteiger partial charge in [0.15, 0.2) is 0 Å². The van der Waals surface area contributed by atoms with Crippen molar-refractivity contribution in [2.75, 3.05) is 11.9 Å². The van der Waals surface area contributed by atoms with Crippen LogP contribution in [-0.4, -0.2) is 28.0 Å². The van der Waals surface area contributed by atoms with Gasteiger partial charge in [-0.3, -0.25) is 4.79 Å². The number of rotatable bonds is 7. The zero-order valence-corrected chi connectivity index (χ0v) is 14.6. The van der Waals surface area contributed by atoms with Gasteiger partial charge in [0.25, 0.3) is 0 Å². The number of anilines is 1. The highest BCUT2D eigenvalue weighted by atomic mass is 35.5. The molecule has 0 radical (unpaired) electrons. The molecule has 0 aliphatic rings. The summed E-state index contributed by atoms with van der Waals surface area (Å²) in [5, 5.41) is 7.51. The summed E-state index contributed by atoms with van der Waals surface area (Å²) in [4.78, 5) is 19.9. The summed E-state index contributed by atoms with van der Waals surface area (Å²) >= 11 is 6.05. The maximum Gasteiger partial charge on any atom is 0.224 e. The molecular formula is C17H23ClN4O. The Balaban J connectivity index is 2.33. The van der Waals surface area contributed by atoms with Crippen LogP contribution in [0.1, 0.15) is 40.0 Å². The Labute approximate surface area is 141 Å². The van der Waals surface area contributed by atoms with E-state index >= 15 is 0 Å². The molecule has 6 heteroatoms. The minimum absolute atomic E-state index is 0.0416. The fraction of sp³-hybridized carbons (Fsp3) is 0.471. The van der Waals surface area contributed by atoms with Crippen molar-refractivity contribution in [2.24, 2.45) is 0 Å². The Morgan fingerprint density at radius 3 is 2.74 bits per heavy atom. The lowest BCUT2D eigenvalue weighted by molar-refractivity contribution is -0.119. The van der Waals surface area contributed by atoms with Gasteiger partial charge in [0.05, 0.1) is 11.1 Å². The molecule has 1 aromatic heterocycles. The molecule has 0 saturated heterocycles. The van der Waals surface area contributed by atoms with Gasteiger partial charge < -0.3 is 10.6 Å². The predicted octanol–water partition coefficient (Wildman–Crippen LogP) is 3.78. The average Bonchev–Trinajstić information content (AvgIpc) is 2.51. The predicted molar refractivity (Wildman–Crippen MR) is 94.8 cm³/mol. The van der Waals surface area contributed by atoms with E-state index in [0.717, 1.165) is 30.2 Å². The monoisotopic (exact) mass is 334 g/mol. The van der Waals surface area contributed by atoms with Gasteiger partial charge in [-0.05, 0) is 37.1 Å². The Morgan fingerprint density at radius 2 is 2.04 bits per heavy atom. The number of nitrogens with one attached hydrogen (secondary N) is 2. The standard InChI is InChI=1S/C17H23ClN4O/c1-4-5-10-17(3,11-19-12(2)23)22-15-13-8-6-7-9-14(13)20-16(18)21-15/h6-9H,4-5,10-11H2,1-3H3,(H,19,23)(H,20,21,22)/t17-/m1/s1. The van der Waals surface area contributed by atoms with Crippen LogP contribution < -0.4 is 10.6 Å². The molecule has 0 fully saturated rings. The molecule has 2 N–H and O–H groups in total. The summed E-state index contributed by atoms with van der Waals surface area (Å²) in [5.74, 6) is 0.657. The fourth-order valence-corrected chi connectivity index (χ4v) is 2.69. The number of nitrogens with zero attached hydrogens (tertiary/aromatic N) is 2. The Bertz CT molecular complexity index is 691. The number of amides is 1. The van der Waals surface area contributed by atoms with Crippen molar-refractivity contribution in [3.63, 3.8) is 0 Å². The molecule has 5 nitrogen and oxygen atoms in total. The number of carbonyl (C=O) groups is 1. The lowest BCUT2D eigenvalue weighted by Crippen LogP contribution is -2.46. The van der Waals surface area contributed by atoms with Crippen molar-refractivity contribution in [1.29, 1.82) is 0 Å². The van der Waals surface area contributed by atoms with Crippen molar-refractivity contribution in [1.82, 2.24) is 15.3 Å². The molecule has 0 saturated carbocycles. The van der Waals surface area contributed by atoms with Crippen LogP contribution in [0.2, 0.25) is 5.28 Å². The van der Waals surface area contributed by atoms with Crippen LogP contribution in [-0.2, 0) is 4.79 Å². The Hall–Kier alpha value is -1.88. The van der Waals surface area contributed by atoms with Crippen LogP contribution in [0.4, 0.5) is 5.82 Å². The molecule has 1 atom stereocenters. The summed E-state index contributed by atoms with van der Waals surface area (Å²) < 4.78 is 0. The topological polar surface area (TPSA) is 66.9 Å². The summed E-state index contributed by atoms with van der Waals surface area (Å²) in [5.41, 5.74) is 0.495. The summed E-state index contributed by atoms with van der Waals surface area (Å²) in [6, 6.07) is 7.74. The third-order valence-electron chi connectivity index (χ3n) is 3.81. The summed E-state index contributed by atoms with van der Waals surface area (Å²) in [6.45, 7) is 6.29. The molecule has 1 aromatic carbocycles. The zero-order chi connectivity index (χ0) is 16.9. The second-order valence-electron chi connectivity index (χ2n) is 6.06. The normalized spacial score (nSPS) is 13.6. The number of aromatic nitrogens is 2. The lowest BCUT2D eigenvalue weighted by Gasteiger charge is -2.32. The molecule has 23 heavy (non-hydrogen) atoms. The molecule has 124 valence electrons. The average molecular weight is 335 g/mol. The van der Waals surface area contributed by atoms with Crippen molar-refractivity contribution >= 4 is 34.2 Å². The van der Waals surface area contributed by atoms with Crippen LogP contribution in [0, 0.1) is 0 Å². The van der Waals surface area contributed by atoms with Crippen molar-refractivity contribution in [2.45, 2.75) is 45.6 Å². The van der Waals surface area contributed by atoms with Gasteiger partial charge in [0.1, 0.15) is 5.82 Å². The third kappa shape index (κ3) is 4.79. The summed E-state index contributed by atoms with van der Waals surface area (Å²) in [7, 11) is 0. The molecular weight excluding hydrogens is 312 g/mol. The number of halogens is 1. The van der Waals surface area contributed by atoms with E-state index in [9.17, 15) is 4.79 Å². The van der Waals surface area contributed by atoms with Gasteiger partial charge in [-0.2, -0.15) is 0 Å². The van der Waals surface area contributed by atoms with Gasteiger partial charge >= 0.3 is 0 Å². The van der Waals surface area contributed by atoms with Crippen LogP contribution >= 0.6 is 11.6 Å². The second-order valence-corrected chi connectivity index (χ2v) is 6.40. The molecule has 0 aliphatic heterocycles. The summed E-state index contributed by atoms with van der Waals surface area (Å²) in [6.07, 6.45) is 3.06. The number of fused-ring (bicyclic) bond motifs is 1. The Morgan fingerprint density at radius 1 is 1.30 bits per heavy atom. The van der Waals surface area contributed by atoms with E-state index in [2.05, 4.69) is 34.4 Å². The molecule has 2 aromatic rings.